The van der Waals surface area contributed by atoms with E-state index in [-0.39, 0.29) is 24.2 Å². The predicted molar refractivity (Wildman–Crippen MR) is 178 cm³/mol. The quantitative estimate of drug-likeness (QED) is 0.0978. The zero-order valence-corrected chi connectivity index (χ0v) is 25.6. The normalized spacial score (nSPS) is 13.6. The number of hydrogen-bond donors (Lipinski definition) is 5. The lowest BCUT2D eigenvalue weighted by Gasteiger charge is -2.24. The Hall–Kier alpha value is -5.25. The van der Waals surface area contributed by atoms with Crippen molar-refractivity contribution in [3.8, 4) is 0 Å². The highest BCUT2D eigenvalue weighted by Gasteiger charge is 2.28. The molecule has 3 atom stereocenters. The summed E-state index contributed by atoms with van der Waals surface area (Å²) in [5.74, 6) is -0.833. The Balaban J connectivity index is 1.58. The summed E-state index contributed by atoms with van der Waals surface area (Å²) in [6, 6.07) is 22.0. The molecule has 4 rings (SSSR count). The van der Waals surface area contributed by atoms with Gasteiger partial charge in [-0.1, -0.05) is 98.8 Å². The first-order valence-corrected chi connectivity index (χ1v) is 15.1. The molecule has 1 heterocycles. The summed E-state index contributed by atoms with van der Waals surface area (Å²) in [6.45, 7) is 4.03. The average molecular weight is 608 g/mol. The minimum Gasteiger partial charge on any atom is -0.350 e. The molecule has 234 valence electrons. The Kier molecular flexibility index (Phi) is 12.0. The van der Waals surface area contributed by atoms with E-state index in [9.17, 15) is 14.4 Å². The van der Waals surface area contributed by atoms with E-state index in [0.717, 1.165) is 21.9 Å². The molecule has 0 aliphatic carbocycles. The highest BCUT2D eigenvalue weighted by atomic mass is 16.2. The molecule has 0 saturated carbocycles. The number of imidazole rings is 1. The van der Waals surface area contributed by atoms with Gasteiger partial charge >= 0.3 is 6.03 Å². The van der Waals surface area contributed by atoms with Crippen LogP contribution in [0.25, 0.3) is 16.8 Å². The molecule has 0 spiro atoms. The number of allylic oxidation sites excluding steroid dienone is 1. The van der Waals surface area contributed by atoms with E-state index in [0.29, 0.717) is 25.0 Å². The third kappa shape index (κ3) is 10.5. The lowest BCUT2D eigenvalue weighted by Crippen LogP contribution is -2.52. The average Bonchev–Trinajstić information content (AvgIpc) is 3.53. The van der Waals surface area contributed by atoms with Crippen molar-refractivity contribution in [1.82, 2.24) is 26.0 Å². The smallest absolute Gasteiger partial charge is 0.332 e. The zero-order chi connectivity index (χ0) is 32.0. The van der Waals surface area contributed by atoms with Crippen LogP contribution in [0.1, 0.15) is 43.5 Å². The van der Waals surface area contributed by atoms with Gasteiger partial charge < -0.3 is 21.4 Å². The van der Waals surface area contributed by atoms with Crippen LogP contribution in [0.2, 0.25) is 0 Å². The van der Waals surface area contributed by atoms with Crippen LogP contribution in [0.15, 0.2) is 96.5 Å². The number of rotatable bonds is 15. The number of fused-ring (bicyclic) bond motifs is 1. The van der Waals surface area contributed by atoms with Gasteiger partial charge in [-0.25, -0.2) is 15.2 Å². The number of nitrogens with one attached hydrogen (secondary N) is 4. The summed E-state index contributed by atoms with van der Waals surface area (Å²) in [5, 5.41) is 12.1. The number of aromatic nitrogens is 2. The van der Waals surface area contributed by atoms with Gasteiger partial charge in [0.15, 0.2) is 0 Å². The number of carbonyl (C=O) groups excluding carboxylic acids is 3. The Morgan fingerprint density at radius 2 is 1.69 bits per heavy atom. The summed E-state index contributed by atoms with van der Waals surface area (Å²) in [4.78, 5) is 46.0. The zero-order valence-electron chi connectivity index (χ0n) is 25.6. The fourth-order valence-corrected chi connectivity index (χ4v) is 5.21. The Bertz CT molecular complexity index is 1590. The Morgan fingerprint density at radius 1 is 0.933 bits per heavy atom. The van der Waals surface area contributed by atoms with Crippen molar-refractivity contribution in [1.29, 1.82) is 0 Å². The molecule has 10 nitrogen and oxygen atoms in total. The number of hydrazone groups is 1. The van der Waals surface area contributed by atoms with Gasteiger partial charge in [0.2, 0.25) is 11.8 Å². The number of benzene rings is 3. The first-order valence-electron chi connectivity index (χ1n) is 15.1. The molecule has 0 aliphatic rings. The van der Waals surface area contributed by atoms with Crippen LogP contribution in [-0.4, -0.2) is 46.1 Å². The van der Waals surface area contributed by atoms with Crippen LogP contribution >= 0.6 is 0 Å². The number of urea groups is 1. The minimum absolute atomic E-state index is 0.212. The van der Waals surface area contributed by atoms with Gasteiger partial charge in [0.05, 0.1) is 12.4 Å². The van der Waals surface area contributed by atoms with Crippen LogP contribution in [-0.2, 0) is 22.4 Å². The molecular weight excluding hydrogens is 566 g/mol. The van der Waals surface area contributed by atoms with E-state index >= 15 is 0 Å². The molecule has 0 fully saturated rings. The maximum atomic E-state index is 14.0. The second kappa shape index (κ2) is 16.6. The van der Waals surface area contributed by atoms with Gasteiger partial charge in [-0.2, -0.15) is 5.10 Å². The molecule has 0 bridgehead atoms. The maximum absolute atomic E-state index is 14.0. The van der Waals surface area contributed by atoms with Gasteiger partial charge in [-0.05, 0) is 47.1 Å². The van der Waals surface area contributed by atoms with E-state index in [2.05, 4.69) is 49.3 Å². The molecule has 0 radical (unpaired) electrons. The maximum Gasteiger partial charge on any atom is 0.332 e. The second-order valence-corrected chi connectivity index (χ2v) is 11.4. The van der Waals surface area contributed by atoms with E-state index in [1.165, 1.54) is 12.5 Å². The lowest BCUT2D eigenvalue weighted by atomic mass is 9.91. The standard InChI is InChI=1S/C35H41N7O3/c1-24(2)18-30(22-39-42-35(36)45)40-34(44)32(20-29-21-37-23-38-29)41-33(43)28(16-8-12-25-10-4-3-5-11-25)19-27-15-9-14-26-13-6-7-17-31(26)27/h3-15,17,21-24,28,30,32H,16,18-20H2,1-2H3,(H,37,38)(H,40,44)(H,41,43)(H3,36,42,45)/t28?,30-,32-/m0/s1. The fourth-order valence-electron chi connectivity index (χ4n) is 5.21. The van der Waals surface area contributed by atoms with Gasteiger partial charge in [-0.15, -0.1) is 0 Å². The molecule has 0 saturated heterocycles. The summed E-state index contributed by atoms with van der Waals surface area (Å²) in [6.07, 6.45) is 10.4. The molecule has 6 N–H and O–H groups in total. The predicted octanol–water partition coefficient (Wildman–Crippen LogP) is 4.74. The topological polar surface area (TPSA) is 154 Å². The molecule has 4 amide bonds. The monoisotopic (exact) mass is 607 g/mol. The summed E-state index contributed by atoms with van der Waals surface area (Å²) in [5.41, 5.74) is 10.1. The third-order valence-electron chi connectivity index (χ3n) is 7.34. The van der Waals surface area contributed by atoms with Crippen LogP contribution in [0.3, 0.4) is 0 Å². The molecular formula is C35H41N7O3. The minimum atomic E-state index is -0.891. The summed E-state index contributed by atoms with van der Waals surface area (Å²) < 4.78 is 0. The number of nitrogens with two attached hydrogens (primary N) is 1. The molecule has 1 aromatic heterocycles. The number of primary amides is 1. The largest absolute Gasteiger partial charge is 0.350 e. The first kappa shape index (κ1) is 32.7. The van der Waals surface area contributed by atoms with Crippen molar-refractivity contribution in [3.63, 3.8) is 0 Å². The number of amides is 4. The van der Waals surface area contributed by atoms with Gasteiger partial charge in [-0.3, -0.25) is 9.59 Å². The Labute approximate surface area is 263 Å². The highest BCUT2D eigenvalue weighted by molar-refractivity contribution is 5.91. The number of carbonyl (C=O) groups is 3. The first-order chi connectivity index (χ1) is 21.8. The Morgan fingerprint density at radius 3 is 2.42 bits per heavy atom. The molecule has 0 aliphatic heterocycles. The van der Waals surface area contributed by atoms with E-state index in [1.54, 1.807) is 6.20 Å². The SMILES string of the molecule is CC(C)C[C@@H](C=NNC(N)=O)NC(=O)[C@H](Cc1cnc[nH]1)NC(=O)C(CC=Cc1ccccc1)Cc1cccc2ccccc12. The second-order valence-electron chi connectivity index (χ2n) is 11.4. The van der Waals surface area contributed by atoms with Crippen LogP contribution in [0.5, 0.6) is 0 Å². The summed E-state index contributed by atoms with van der Waals surface area (Å²) >= 11 is 0. The van der Waals surface area contributed by atoms with Gasteiger partial charge in [0.1, 0.15) is 6.04 Å². The number of nitrogens with zero attached hydrogens (tertiary/aromatic N) is 2. The molecule has 10 heteroatoms. The molecule has 45 heavy (non-hydrogen) atoms. The van der Waals surface area contributed by atoms with Crippen molar-refractivity contribution in [2.24, 2.45) is 22.7 Å². The van der Waals surface area contributed by atoms with Gasteiger partial charge in [0.25, 0.3) is 0 Å². The van der Waals surface area contributed by atoms with Crippen LogP contribution in [0.4, 0.5) is 4.79 Å². The van der Waals surface area contributed by atoms with Crippen molar-refractivity contribution in [2.75, 3.05) is 0 Å². The van der Waals surface area contributed by atoms with Crippen molar-refractivity contribution >= 4 is 40.9 Å². The van der Waals surface area contributed by atoms with Gasteiger partial charge in [0, 0.05) is 30.4 Å². The number of aromatic amines is 1. The third-order valence-corrected chi connectivity index (χ3v) is 7.34. The number of H-pyrrole nitrogens is 1. The van der Waals surface area contributed by atoms with E-state index in [1.807, 2.05) is 80.6 Å². The van der Waals surface area contributed by atoms with Crippen molar-refractivity contribution < 1.29 is 14.4 Å². The lowest BCUT2D eigenvalue weighted by molar-refractivity contribution is -0.131. The van der Waals surface area contributed by atoms with Crippen molar-refractivity contribution in [3.05, 3.63) is 108 Å². The molecule has 4 aromatic rings. The van der Waals surface area contributed by atoms with E-state index < -0.39 is 24.0 Å². The highest BCUT2D eigenvalue weighted by Crippen LogP contribution is 2.23. The summed E-state index contributed by atoms with van der Waals surface area (Å²) in [7, 11) is 0. The van der Waals surface area contributed by atoms with Crippen LogP contribution in [0, 0.1) is 11.8 Å². The van der Waals surface area contributed by atoms with Crippen LogP contribution < -0.4 is 21.8 Å². The molecule has 3 aromatic carbocycles. The van der Waals surface area contributed by atoms with E-state index in [4.69, 9.17) is 5.73 Å². The molecule has 1 unspecified atom stereocenters. The fraction of sp³-hybridized carbons (Fsp3) is 0.286. The van der Waals surface area contributed by atoms with Crippen molar-refractivity contribution in [2.45, 2.75) is 51.6 Å². The number of hydrogen-bond acceptors (Lipinski definition) is 5.